The van der Waals surface area contributed by atoms with Gasteiger partial charge in [-0.25, -0.2) is 0 Å². The Hall–Kier alpha value is -1.63. The minimum atomic E-state index is -1.98. The summed E-state index contributed by atoms with van der Waals surface area (Å²) in [4.78, 5) is 32.2. The first-order valence-electron chi connectivity index (χ1n) is 4.27. The van der Waals surface area contributed by atoms with Gasteiger partial charge in [0.05, 0.1) is 11.8 Å². The smallest absolute Gasteiger partial charge is 0.324 e. The highest BCUT2D eigenvalue weighted by Crippen LogP contribution is 2.38. The predicted molar refractivity (Wildman–Crippen MR) is 46.0 cm³/mol. The van der Waals surface area contributed by atoms with Crippen LogP contribution in [0.3, 0.4) is 0 Å². The molecule has 1 aliphatic rings. The lowest BCUT2D eigenvalue weighted by Gasteiger charge is -2.22. The quantitative estimate of drug-likeness (QED) is 0.473. The molecule has 0 aliphatic heterocycles. The standard InChI is InChI=1S/C8H11NO6/c9-8(7(14)15)2-3(5(10)11)1-4(8)6(12)13/h3-4H,1-2,9H2,(H,10,11)(H,12,13)(H,14,15)/t3-,4-,8+/m1/s1. The Bertz CT molecular complexity index is 327. The van der Waals surface area contributed by atoms with Gasteiger partial charge >= 0.3 is 17.9 Å². The molecule has 1 fully saturated rings. The molecule has 84 valence electrons. The second kappa shape index (κ2) is 3.50. The van der Waals surface area contributed by atoms with E-state index in [1.54, 1.807) is 0 Å². The number of rotatable bonds is 3. The summed E-state index contributed by atoms with van der Waals surface area (Å²) in [6.07, 6.45) is -0.595. The van der Waals surface area contributed by atoms with Crippen molar-refractivity contribution >= 4 is 17.9 Å². The van der Waals surface area contributed by atoms with Crippen molar-refractivity contribution in [2.24, 2.45) is 17.6 Å². The van der Waals surface area contributed by atoms with Crippen LogP contribution in [0.5, 0.6) is 0 Å². The van der Waals surface area contributed by atoms with Crippen molar-refractivity contribution in [2.75, 3.05) is 0 Å². The van der Waals surface area contributed by atoms with E-state index in [4.69, 9.17) is 21.1 Å². The third-order valence-electron chi connectivity index (χ3n) is 2.77. The molecular weight excluding hydrogens is 206 g/mol. The molecule has 3 atom stereocenters. The van der Waals surface area contributed by atoms with Gasteiger partial charge in [-0.1, -0.05) is 0 Å². The lowest BCUT2D eigenvalue weighted by molar-refractivity contribution is -0.153. The van der Waals surface area contributed by atoms with Gasteiger partial charge in [-0.15, -0.1) is 0 Å². The molecule has 0 radical (unpaired) electrons. The molecule has 0 aromatic carbocycles. The second-order valence-corrected chi connectivity index (χ2v) is 3.71. The molecule has 15 heavy (non-hydrogen) atoms. The summed E-state index contributed by atoms with van der Waals surface area (Å²) in [6, 6.07) is 0. The van der Waals surface area contributed by atoms with Gasteiger partial charge in [0, 0.05) is 0 Å². The van der Waals surface area contributed by atoms with Gasteiger partial charge in [-0.3, -0.25) is 14.4 Å². The lowest BCUT2D eigenvalue weighted by Crippen LogP contribution is -2.53. The molecule has 0 unspecified atom stereocenters. The van der Waals surface area contributed by atoms with Crippen molar-refractivity contribution in [3.8, 4) is 0 Å². The van der Waals surface area contributed by atoms with E-state index in [9.17, 15) is 14.4 Å². The van der Waals surface area contributed by atoms with Crippen molar-refractivity contribution < 1.29 is 29.7 Å². The van der Waals surface area contributed by atoms with E-state index in [1.807, 2.05) is 0 Å². The predicted octanol–water partition coefficient (Wildman–Crippen LogP) is -1.04. The Labute approximate surface area is 84.5 Å². The maximum Gasteiger partial charge on any atom is 0.324 e. The van der Waals surface area contributed by atoms with Crippen molar-refractivity contribution in [1.82, 2.24) is 0 Å². The molecule has 0 bridgehead atoms. The van der Waals surface area contributed by atoms with Gasteiger partial charge in [0.2, 0.25) is 0 Å². The number of carboxylic acid groups (broad SMARTS) is 3. The summed E-state index contributed by atoms with van der Waals surface area (Å²) in [5.74, 6) is -6.42. The fourth-order valence-corrected chi connectivity index (χ4v) is 1.87. The van der Waals surface area contributed by atoms with Crippen molar-refractivity contribution in [3.05, 3.63) is 0 Å². The number of carbonyl (C=O) groups is 3. The Balaban J connectivity index is 3.00. The normalized spacial score (nSPS) is 35.0. The summed E-state index contributed by atoms with van der Waals surface area (Å²) >= 11 is 0. The molecule has 0 amide bonds. The number of hydrogen-bond donors (Lipinski definition) is 4. The summed E-state index contributed by atoms with van der Waals surface area (Å²) in [5.41, 5.74) is 3.45. The second-order valence-electron chi connectivity index (χ2n) is 3.71. The van der Waals surface area contributed by atoms with Crippen LogP contribution in [0.4, 0.5) is 0 Å². The largest absolute Gasteiger partial charge is 0.481 e. The maximum absolute atomic E-state index is 10.8. The summed E-state index contributed by atoms with van der Waals surface area (Å²) in [5, 5.41) is 26.3. The molecule has 0 heterocycles. The number of hydrogen-bond acceptors (Lipinski definition) is 4. The van der Waals surface area contributed by atoms with Crippen LogP contribution in [-0.2, 0) is 14.4 Å². The summed E-state index contributed by atoms with van der Waals surface area (Å²) < 4.78 is 0. The number of aliphatic carboxylic acids is 3. The summed E-state index contributed by atoms with van der Waals surface area (Å²) in [6.45, 7) is 0. The van der Waals surface area contributed by atoms with E-state index in [0.717, 1.165) is 0 Å². The van der Waals surface area contributed by atoms with E-state index >= 15 is 0 Å². The van der Waals surface area contributed by atoms with Crippen molar-refractivity contribution in [2.45, 2.75) is 18.4 Å². The highest BCUT2D eigenvalue weighted by atomic mass is 16.4. The van der Waals surface area contributed by atoms with Gasteiger partial charge in [0.15, 0.2) is 0 Å². The lowest BCUT2D eigenvalue weighted by atomic mass is 9.88. The van der Waals surface area contributed by atoms with Crippen LogP contribution in [0, 0.1) is 11.8 Å². The summed E-state index contributed by atoms with van der Waals surface area (Å²) in [7, 11) is 0. The minimum absolute atomic E-state index is 0.243. The Morgan fingerprint density at radius 2 is 1.67 bits per heavy atom. The zero-order valence-corrected chi connectivity index (χ0v) is 7.71. The first-order chi connectivity index (χ1) is 6.79. The number of nitrogens with two attached hydrogens (primary N) is 1. The third kappa shape index (κ3) is 1.78. The highest BCUT2D eigenvalue weighted by Gasteiger charge is 2.55. The average molecular weight is 217 g/mol. The molecule has 7 heteroatoms. The monoisotopic (exact) mass is 217 g/mol. The molecule has 0 aromatic rings. The van der Waals surface area contributed by atoms with Gasteiger partial charge in [0.25, 0.3) is 0 Å². The minimum Gasteiger partial charge on any atom is -0.481 e. The Morgan fingerprint density at radius 1 is 1.13 bits per heavy atom. The van der Waals surface area contributed by atoms with E-state index < -0.39 is 35.3 Å². The van der Waals surface area contributed by atoms with Gasteiger partial charge in [-0.05, 0) is 12.8 Å². The zero-order chi connectivity index (χ0) is 11.8. The molecule has 1 rings (SSSR count). The molecule has 7 nitrogen and oxygen atoms in total. The SMILES string of the molecule is N[C@@]1(C(=O)O)C[C@H](C(=O)O)C[C@@H]1C(=O)O. The van der Waals surface area contributed by atoms with Crippen molar-refractivity contribution in [3.63, 3.8) is 0 Å². The molecule has 0 aromatic heterocycles. The van der Waals surface area contributed by atoms with E-state index in [0.29, 0.717) is 0 Å². The van der Waals surface area contributed by atoms with E-state index in [-0.39, 0.29) is 12.8 Å². The van der Waals surface area contributed by atoms with Crippen LogP contribution >= 0.6 is 0 Å². The van der Waals surface area contributed by atoms with Crippen LogP contribution in [0.1, 0.15) is 12.8 Å². The Kier molecular flexibility index (Phi) is 2.67. The molecule has 5 N–H and O–H groups in total. The zero-order valence-electron chi connectivity index (χ0n) is 7.71. The molecule has 1 aliphatic carbocycles. The van der Waals surface area contributed by atoms with E-state index in [1.165, 1.54) is 0 Å². The van der Waals surface area contributed by atoms with Crippen LogP contribution in [0.25, 0.3) is 0 Å². The maximum atomic E-state index is 10.8. The molecular formula is C8H11NO6. The Morgan fingerprint density at radius 3 is 1.93 bits per heavy atom. The van der Waals surface area contributed by atoms with Crippen LogP contribution in [0.15, 0.2) is 0 Å². The highest BCUT2D eigenvalue weighted by molar-refractivity contribution is 5.89. The third-order valence-corrected chi connectivity index (χ3v) is 2.77. The number of carboxylic acids is 3. The fraction of sp³-hybridized carbons (Fsp3) is 0.625. The van der Waals surface area contributed by atoms with Crippen LogP contribution in [-0.4, -0.2) is 38.8 Å². The van der Waals surface area contributed by atoms with Crippen LogP contribution < -0.4 is 5.73 Å². The molecule has 1 saturated carbocycles. The van der Waals surface area contributed by atoms with Crippen LogP contribution in [0.2, 0.25) is 0 Å². The first-order valence-corrected chi connectivity index (χ1v) is 4.27. The van der Waals surface area contributed by atoms with Crippen molar-refractivity contribution in [1.29, 1.82) is 0 Å². The topological polar surface area (TPSA) is 138 Å². The fourth-order valence-electron chi connectivity index (χ4n) is 1.87. The molecule has 0 spiro atoms. The molecule has 0 saturated heterocycles. The average Bonchev–Trinajstić information content (AvgIpc) is 2.44. The van der Waals surface area contributed by atoms with Gasteiger partial charge < -0.3 is 21.1 Å². The van der Waals surface area contributed by atoms with E-state index in [2.05, 4.69) is 0 Å². The van der Waals surface area contributed by atoms with Gasteiger partial charge in [0.1, 0.15) is 5.54 Å². The first kappa shape index (κ1) is 11.4. The van der Waals surface area contributed by atoms with Gasteiger partial charge in [-0.2, -0.15) is 0 Å².